The first-order valence-corrected chi connectivity index (χ1v) is 9.64. The fourth-order valence-electron chi connectivity index (χ4n) is 2.68. The van der Waals surface area contributed by atoms with Crippen LogP contribution in [0.3, 0.4) is 0 Å². The molecule has 0 aliphatic heterocycles. The number of aryl methyl sites for hydroxylation is 1. The number of methoxy groups -OCH3 is 2. The number of ether oxygens (including phenoxy) is 2. The zero-order valence-corrected chi connectivity index (χ0v) is 17.7. The summed E-state index contributed by atoms with van der Waals surface area (Å²) < 4.78 is 12.3. The van der Waals surface area contributed by atoms with Crippen LogP contribution >= 0.6 is 11.3 Å². The number of rotatable bonds is 5. The molecule has 148 valence electrons. The number of anilines is 1. The minimum Gasteiger partial charge on any atom is -0.497 e. The van der Waals surface area contributed by atoms with Crippen LogP contribution in [0.4, 0.5) is 5.13 Å². The van der Waals surface area contributed by atoms with E-state index < -0.39 is 0 Å². The summed E-state index contributed by atoms with van der Waals surface area (Å²) in [6.45, 7) is 6.18. The number of nitrogens with one attached hydrogen (secondary N) is 1. The number of amides is 1. The zero-order chi connectivity index (χ0) is 20.5. The monoisotopic (exact) mass is 400 g/mol. The molecule has 7 nitrogen and oxygen atoms in total. The van der Waals surface area contributed by atoms with Gasteiger partial charge in [0, 0.05) is 23.4 Å². The van der Waals surface area contributed by atoms with Crippen LogP contribution in [-0.2, 0) is 12.5 Å². The standard InChI is InChI=1S/C20H24N4O3S/c1-20(2,3)17-10-15(24(4)23-17)18(25)22-19-21-14(11-28-19)13-9-12(26-5)7-8-16(13)27-6/h7-11H,1-6H3,(H,21,22,25). The molecular weight excluding hydrogens is 376 g/mol. The molecule has 0 spiro atoms. The molecular formula is C20H24N4O3S. The van der Waals surface area contributed by atoms with Crippen LogP contribution in [-0.4, -0.2) is 34.9 Å². The minimum atomic E-state index is -0.246. The summed E-state index contributed by atoms with van der Waals surface area (Å²) in [7, 11) is 4.98. The van der Waals surface area contributed by atoms with Crippen molar-refractivity contribution in [2.75, 3.05) is 19.5 Å². The van der Waals surface area contributed by atoms with Gasteiger partial charge in [-0.2, -0.15) is 5.10 Å². The maximum Gasteiger partial charge on any atom is 0.275 e. The Morgan fingerprint density at radius 2 is 1.93 bits per heavy atom. The maximum absolute atomic E-state index is 12.7. The van der Waals surface area contributed by atoms with Crippen LogP contribution in [0.1, 0.15) is 37.0 Å². The number of thiazole rings is 1. The number of carbonyl (C=O) groups is 1. The summed E-state index contributed by atoms with van der Waals surface area (Å²) in [6, 6.07) is 7.33. The highest BCUT2D eigenvalue weighted by Crippen LogP contribution is 2.35. The van der Waals surface area contributed by atoms with Crippen LogP contribution < -0.4 is 14.8 Å². The Morgan fingerprint density at radius 3 is 2.54 bits per heavy atom. The Hall–Kier alpha value is -2.87. The number of hydrogen-bond acceptors (Lipinski definition) is 6. The third-order valence-corrected chi connectivity index (χ3v) is 5.05. The molecule has 0 aliphatic rings. The maximum atomic E-state index is 12.7. The van der Waals surface area contributed by atoms with Crippen molar-refractivity contribution in [1.82, 2.24) is 14.8 Å². The van der Waals surface area contributed by atoms with Gasteiger partial charge in [-0.05, 0) is 24.3 Å². The fraction of sp³-hybridized carbons (Fsp3) is 0.350. The number of aromatic nitrogens is 3. The molecule has 0 unspecified atom stereocenters. The first-order valence-electron chi connectivity index (χ1n) is 8.76. The average Bonchev–Trinajstić information content (AvgIpc) is 3.27. The molecule has 3 rings (SSSR count). The van der Waals surface area contributed by atoms with E-state index in [2.05, 4.69) is 36.2 Å². The lowest BCUT2D eigenvalue weighted by atomic mass is 9.92. The number of carbonyl (C=O) groups excluding carboxylic acids is 1. The molecule has 2 aromatic heterocycles. The van der Waals surface area contributed by atoms with Gasteiger partial charge in [-0.3, -0.25) is 14.8 Å². The molecule has 1 amide bonds. The Bertz CT molecular complexity index is 1000. The van der Waals surface area contributed by atoms with Gasteiger partial charge in [0.05, 0.1) is 25.6 Å². The van der Waals surface area contributed by atoms with Gasteiger partial charge in [-0.1, -0.05) is 20.8 Å². The van der Waals surface area contributed by atoms with E-state index in [9.17, 15) is 4.79 Å². The second-order valence-electron chi connectivity index (χ2n) is 7.35. The summed E-state index contributed by atoms with van der Waals surface area (Å²) in [5, 5.41) is 9.68. The first-order chi connectivity index (χ1) is 13.2. The highest BCUT2D eigenvalue weighted by molar-refractivity contribution is 7.14. The van der Waals surface area contributed by atoms with E-state index in [1.54, 1.807) is 25.9 Å². The highest BCUT2D eigenvalue weighted by Gasteiger charge is 2.22. The van der Waals surface area contributed by atoms with Gasteiger partial charge < -0.3 is 9.47 Å². The molecule has 0 atom stereocenters. The largest absolute Gasteiger partial charge is 0.497 e. The second kappa shape index (κ2) is 7.63. The van der Waals surface area contributed by atoms with Crippen molar-refractivity contribution in [3.8, 4) is 22.8 Å². The topological polar surface area (TPSA) is 78.3 Å². The van der Waals surface area contributed by atoms with E-state index in [-0.39, 0.29) is 11.3 Å². The Labute approximate surface area is 168 Å². The number of benzene rings is 1. The predicted molar refractivity (Wildman–Crippen MR) is 111 cm³/mol. The summed E-state index contributed by atoms with van der Waals surface area (Å²) in [5.41, 5.74) is 2.72. The van der Waals surface area contributed by atoms with Crippen molar-refractivity contribution in [2.45, 2.75) is 26.2 Å². The van der Waals surface area contributed by atoms with E-state index in [0.29, 0.717) is 28.0 Å². The van der Waals surface area contributed by atoms with Crippen LogP contribution in [0.5, 0.6) is 11.5 Å². The zero-order valence-electron chi connectivity index (χ0n) is 16.9. The van der Waals surface area contributed by atoms with Crippen molar-refractivity contribution in [2.24, 2.45) is 7.05 Å². The first kappa shape index (κ1) is 19.9. The summed E-state index contributed by atoms with van der Waals surface area (Å²) in [4.78, 5) is 17.2. The molecule has 1 aromatic carbocycles. The SMILES string of the molecule is COc1ccc(OC)c(-c2csc(NC(=O)c3cc(C(C)(C)C)nn3C)n2)c1. The van der Waals surface area contributed by atoms with Crippen molar-refractivity contribution in [3.05, 3.63) is 41.0 Å². The van der Waals surface area contributed by atoms with Gasteiger partial charge >= 0.3 is 0 Å². The van der Waals surface area contributed by atoms with E-state index in [1.165, 1.54) is 11.3 Å². The molecule has 0 saturated heterocycles. The van der Waals surface area contributed by atoms with Gasteiger partial charge in [0.2, 0.25) is 0 Å². The van der Waals surface area contributed by atoms with Crippen molar-refractivity contribution < 1.29 is 14.3 Å². The van der Waals surface area contributed by atoms with Crippen LogP contribution in [0.2, 0.25) is 0 Å². The Kier molecular flexibility index (Phi) is 5.42. The summed E-state index contributed by atoms with van der Waals surface area (Å²) >= 11 is 1.35. The molecule has 0 aliphatic carbocycles. The molecule has 0 radical (unpaired) electrons. The molecule has 1 N–H and O–H groups in total. The predicted octanol–water partition coefficient (Wildman–Crippen LogP) is 4.11. The average molecular weight is 401 g/mol. The molecule has 0 fully saturated rings. The van der Waals surface area contributed by atoms with E-state index >= 15 is 0 Å². The Balaban J connectivity index is 1.84. The Morgan fingerprint density at radius 1 is 1.18 bits per heavy atom. The van der Waals surface area contributed by atoms with Crippen LogP contribution in [0, 0.1) is 0 Å². The van der Waals surface area contributed by atoms with Gasteiger partial charge in [-0.15, -0.1) is 11.3 Å². The number of nitrogens with zero attached hydrogens (tertiary/aromatic N) is 3. The van der Waals surface area contributed by atoms with Gasteiger partial charge in [0.15, 0.2) is 5.13 Å². The summed E-state index contributed by atoms with van der Waals surface area (Å²) in [5.74, 6) is 1.15. The quantitative estimate of drug-likeness (QED) is 0.697. The lowest BCUT2D eigenvalue weighted by Crippen LogP contribution is -2.15. The van der Waals surface area contributed by atoms with Crippen LogP contribution in [0.25, 0.3) is 11.3 Å². The molecule has 2 heterocycles. The van der Waals surface area contributed by atoms with Crippen molar-refractivity contribution in [3.63, 3.8) is 0 Å². The smallest absolute Gasteiger partial charge is 0.275 e. The third-order valence-electron chi connectivity index (χ3n) is 4.29. The van der Waals surface area contributed by atoms with Gasteiger partial charge in [0.25, 0.3) is 5.91 Å². The molecule has 8 heteroatoms. The van der Waals surface area contributed by atoms with Crippen molar-refractivity contribution >= 4 is 22.4 Å². The van der Waals surface area contributed by atoms with Crippen molar-refractivity contribution in [1.29, 1.82) is 0 Å². The molecule has 0 bridgehead atoms. The van der Waals surface area contributed by atoms with Gasteiger partial charge in [0.1, 0.15) is 17.2 Å². The number of hydrogen-bond donors (Lipinski definition) is 1. The molecule has 28 heavy (non-hydrogen) atoms. The molecule has 0 saturated carbocycles. The second-order valence-corrected chi connectivity index (χ2v) is 8.20. The normalized spacial score (nSPS) is 11.4. The fourth-order valence-corrected chi connectivity index (χ4v) is 3.38. The third kappa shape index (κ3) is 4.01. The minimum absolute atomic E-state index is 0.131. The van der Waals surface area contributed by atoms with Gasteiger partial charge in [-0.25, -0.2) is 4.98 Å². The lowest BCUT2D eigenvalue weighted by Gasteiger charge is -2.13. The lowest BCUT2D eigenvalue weighted by molar-refractivity contribution is 0.101. The highest BCUT2D eigenvalue weighted by atomic mass is 32.1. The van der Waals surface area contributed by atoms with E-state index in [0.717, 1.165) is 11.3 Å². The summed E-state index contributed by atoms with van der Waals surface area (Å²) in [6.07, 6.45) is 0. The molecule has 3 aromatic rings. The van der Waals surface area contributed by atoms with E-state index in [1.807, 2.05) is 29.6 Å². The van der Waals surface area contributed by atoms with Crippen LogP contribution in [0.15, 0.2) is 29.6 Å². The van der Waals surface area contributed by atoms with E-state index in [4.69, 9.17) is 9.47 Å².